The number of amides is 13. The second-order valence-electron chi connectivity index (χ2n) is 30.8. The Balaban J connectivity index is 2.61. The Morgan fingerprint density at radius 1 is 0.380 bits per heavy atom. The zero-order valence-corrected chi connectivity index (χ0v) is 71.0. The molecule has 2 aromatic rings. The topological polar surface area (TPSA) is 718 Å². The number of guanidine groups is 3. The van der Waals surface area contributed by atoms with Crippen LogP contribution in [0.2, 0.25) is 0 Å². The number of aliphatic carboxylic acids is 1. The predicted molar refractivity (Wildman–Crippen MR) is 457 cm³/mol. The van der Waals surface area contributed by atoms with Gasteiger partial charge in [0.15, 0.2) is 17.9 Å². The van der Waals surface area contributed by atoms with Crippen molar-refractivity contribution in [2.75, 3.05) is 32.7 Å². The highest BCUT2D eigenvalue weighted by Crippen LogP contribution is 2.18. The van der Waals surface area contributed by atoms with Gasteiger partial charge >= 0.3 is 5.97 Å². The zero-order valence-electron chi connectivity index (χ0n) is 71.0. The van der Waals surface area contributed by atoms with Crippen molar-refractivity contribution in [2.24, 2.45) is 96.0 Å². The lowest BCUT2D eigenvalue weighted by atomic mass is 9.95. The van der Waals surface area contributed by atoms with Gasteiger partial charge in [0.1, 0.15) is 72.7 Å². The number of carbonyl (C=O) groups excluding carboxylic acids is 14. The summed E-state index contributed by atoms with van der Waals surface area (Å²) >= 11 is 0. The highest BCUT2D eigenvalue weighted by molar-refractivity contribution is 6.00. The van der Waals surface area contributed by atoms with Crippen LogP contribution in [0.15, 0.2) is 75.6 Å². The molecule has 15 atom stereocenters. The first kappa shape index (κ1) is 105. The number of nitrogens with two attached hydrogens (primary N) is 10. The summed E-state index contributed by atoms with van der Waals surface area (Å²) in [7, 11) is 0. The number of aldehydes is 1. The van der Waals surface area contributed by atoms with Crippen LogP contribution in [0.25, 0.3) is 0 Å². The first-order valence-electron chi connectivity index (χ1n) is 41.3. The quantitative estimate of drug-likeness (QED) is 0.0129. The summed E-state index contributed by atoms with van der Waals surface area (Å²) in [4.78, 5) is 223. The van der Waals surface area contributed by atoms with E-state index in [2.05, 4.69) is 78.8 Å². The van der Waals surface area contributed by atoms with Gasteiger partial charge in [0.25, 0.3) is 0 Å². The number of nitrogens with one attached hydrogen (secondary N) is 12. The molecule has 2 rings (SSSR count). The van der Waals surface area contributed by atoms with Gasteiger partial charge in [0.2, 0.25) is 76.8 Å². The SMILES string of the molecule is CC[C@H](C)[C@H](NC(=O)[C@H](CCCN=C(N)N)NC(=O)[C@H](CCC(N)=O)NC(=O)[C@@H](NC(=O)[C@@H](NC(=O)[C@H](CCCN=C(N)N)NC(=O)[C@H](CCCCN)NC(=O)[C@@H](N)Cc1ccccc1)[C@@H](C)CC)C(C)C)C(=O)N[C@@H](CCCCN)C(=O)N[C@@H](CC(=O)O)C(=O)N[C@@H](Cc1ccccc1)C(=O)N[C@@H](CC(C)C)C(=O)N[C@H](C=O)CCCN=C(N)N. The molecule has 0 aliphatic carbocycles. The van der Waals surface area contributed by atoms with Crippen LogP contribution in [-0.2, 0) is 84.8 Å². The standard InChI is InChI=1S/C80H135N25O16/c1-9-47(7)64(76(120)98-54(30-18-20-36-82)68(112)102-60(43-62(108)109)74(118)101-59(42-50-26-15-12-16-27-50)73(117)100-58(40-45(3)4)72(116)94-51(44-106)28-21-37-91-78(85)86)104-70(114)56(32-23-39-93-80(89)90)97-69(113)57(33-34-61(84)107)99-75(119)63(46(5)6)103-77(121)65(48(8)10-2)105-71(115)55(31-22-38-92-79(87)88)96-67(111)53(29-17-19-35-81)95-66(110)52(83)41-49-24-13-11-14-25-49/h11-16,24-27,44-48,51-60,63-65H,9-10,17-23,28-43,81-83H2,1-8H3,(H2,84,107)(H,94,116)(H,95,110)(H,96,111)(H,97,113)(H,98,120)(H,99,119)(H,100,117)(H,101,118)(H,102,112)(H,103,121)(H,104,114)(H,105,115)(H,108,109)(H4,85,86,91)(H4,87,88,92)(H4,89,90,93)/t47-,48-,51-,52-,53-,54-,55-,56-,57-,58-,59-,60-,63-,64-,65-/m0/s1. The molecule has 0 aromatic heterocycles. The average molecular weight is 1700 g/mol. The predicted octanol–water partition coefficient (Wildman–Crippen LogP) is -4.23. The van der Waals surface area contributed by atoms with E-state index in [0.29, 0.717) is 37.5 Å². The zero-order chi connectivity index (χ0) is 90.8. The van der Waals surface area contributed by atoms with Crippen molar-refractivity contribution in [1.29, 1.82) is 0 Å². The molecule has 676 valence electrons. The number of unbranched alkanes of at least 4 members (excludes halogenated alkanes) is 2. The summed E-state index contributed by atoms with van der Waals surface area (Å²) in [6, 6.07) is -1.15. The maximum Gasteiger partial charge on any atom is 0.305 e. The van der Waals surface area contributed by atoms with E-state index in [1.165, 1.54) is 0 Å². The van der Waals surface area contributed by atoms with Crippen molar-refractivity contribution in [2.45, 2.75) is 262 Å². The molecule has 33 N–H and O–H groups in total. The molecular weight excluding hydrogens is 1570 g/mol. The molecule has 0 fully saturated rings. The first-order valence-corrected chi connectivity index (χ1v) is 41.3. The molecule has 0 aliphatic heterocycles. The Morgan fingerprint density at radius 3 is 1.11 bits per heavy atom. The Bertz CT molecular complexity index is 3730. The third kappa shape index (κ3) is 42.3. The second kappa shape index (κ2) is 57.5. The third-order valence-corrected chi connectivity index (χ3v) is 19.8. The molecule has 0 aliphatic rings. The lowest BCUT2D eigenvalue weighted by molar-refractivity contribution is -0.141. The van der Waals surface area contributed by atoms with Crippen molar-refractivity contribution < 1.29 is 77.0 Å². The van der Waals surface area contributed by atoms with E-state index in [1.807, 2.05) is 6.07 Å². The number of hydrogen-bond acceptors (Lipinski definition) is 21. The number of rotatable bonds is 61. The number of benzene rings is 2. The molecule has 0 saturated heterocycles. The molecule has 0 unspecified atom stereocenters. The first-order chi connectivity index (χ1) is 57.3. The molecule has 0 bridgehead atoms. The Morgan fingerprint density at radius 2 is 0.711 bits per heavy atom. The maximum atomic E-state index is 14.9. The number of nitrogens with zero attached hydrogens (tertiary/aromatic N) is 3. The maximum absolute atomic E-state index is 14.9. The molecule has 13 amide bonds. The summed E-state index contributed by atoms with van der Waals surface area (Å²) in [6.45, 7) is 13.9. The highest BCUT2D eigenvalue weighted by atomic mass is 16.4. The van der Waals surface area contributed by atoms with E-state index >= 15 is 0 Å². The number of carboxylic acid groups (broad SMARTS) is 1. The van der Waals surface area contributed by atoms with Crippen molar-refractivity contribution in [3.8, 4) is 0 Å². The summed E-state index contributed by atoms with van der Waals surface area (Å²) in [6.07, 6.45) is 0.658. The fourth-order valence-electron chi connectivity index (χ4n) is 12.6. The van der Waals surface area contributed by atoms with E-state index in [9.17, 15) is 77.0 Å². The number of primary amides is 1. The van der Waals surface area contributed by atoms with Gasteiger partial charge in [-0.25, -0.2) is 0 Å². The summed E-state index contributed by atoms with van der Waals surface area (Å²) in [5, 5.41) is 41.9. The van der Waals surface area contributed by atoms with E-state index in [-0.39, 0.29) is 140 Å². The van der Waals surface area contributed by atoms with E-state index in [0.717, 1.165) is 5.56 Å². The van der Waals surface area contributed by atoms with Crippen LogP contribution in [0.3, 0.4) is 0 Å². The molecule has 0 radical (unpaired) electrons. The lowest BCUT2D eigenvalue weighted by Gasteiger charge is -2.31. The van der Waals surface area contributed by atoms with Crippen molar-refractivity contribution in [3.05, 3.63) is 71.8 Å². The molecule has 41 nitrogen and oxygen atoms in total. The molecule has 0 heterocycles. The molecule has 0 saturated carbocycles. The number of hydrogen-bond donors (Lipinski definition) is 23. The lowest BCUT2D eigenvalue weighted by Crippen LogP contribution is -2.62. The van der Waals surface area contributed by atoms with Gasteiger partial charge < -0.3 is 131 Å². The number of carbonyl (C=O) groups is 15. The van der Waals surface area contributed by atoms with Gasteiger partial charge in [0, 0.05) is 32.5 Å². The van der Waals surface area contributed by atoms with Crippen LogP contribution in [0, 0.1) is 23.7 Å². The van der Waals surface area contributed by atoms with Crippen LogP contribution < -0.4 is 121 Å². The minimum Gasteiger partial charge on any atom is -0.481 e. The van der Waals surface area contributed by atoms with E-state index in [1.54, 1.807) is 110 Å². The molecule has 0 spiro atoms. The normalized spacial score (nSPS) is 14.8. The van der Waals surface area contributed by atoms with Crippen LogP contribution in [-0.4, -0.2) is 223 Å². The fourth-order valence-corrected chi connectivity index (χ4v) is 12.6. The Labute approximate surface area is 707 Å². The van der Waals surface area contributed by atoms with E-state index in [4.69, 9.17) is 57.3 Å². The van der Waals surface area contributed by atoms with Gasteiger partial charge in [-0.3, -0.25) is 82.1 Å². The van der Waals surface area contributed by atoms with Gasteiger partial charge in [-0.1, -0.05) is 129 Å². The molecule has 2 aromatic carbocycles. The van der Waals surface area contributed by atoms with Crippen LogP contribution in [0.1, 0.15) is 182 Å². The number of carboxylic acids is 1. The van der Waals surface area contributed by atoms with E-state index < -0.39 is 198 Å². The van der Waals surface area contributed by atoms with Gasteiger partial charge in [-0.05, 0) is 144 Å². The number of aliphatic imine (C=N–C) groups is 3. The molecular formula is C80H135N25O16. The summed E-state index contributed by atoms with van der Waals surface area (Å²) in [5.41, 5.74) is 58.1. The Kier molecular flexibility index (Phi) is 50.1. The summed E-state index contributed by atoms with van der Waals surface area (Å²) < 4.78 is 0. The Hall–Kier alpha value is -11.6. The van der Waals surface area contributed by atoms with Crippen molar-refractivity contribution >= 4 is 107 Å². The van der Waals surface area contributed by atoms with Crippen LogP contribution >= 0.6 is 0 Å². The minimum absolute atomic E-state index is 0.00313. The molecule has 121 heavy (non-hydrogen) atoms. The monoisotopic (exact) mass is 1700 g/mol. The summed E-state index contributed by atoms with van der Waals surface area (Å²) in [5.74, 6) is -16.4. The van der Waals surface area contributed by atoms with Crippen molar-refractivity contribution in [1.82, 2.24) is 63.8 Å². The third-order valence-electron chi connectivity index (χ3n) is 19.8. The van der Waals surface area contributed by atoms with Gasteiger partial charge in [-0.2, -0.15) is 0 Å². The minimum atomic E-state index is -1.92. The smallest absolute Gasteiger partial charge is 0.305 e. The highest BCUT2D eigenvalue weighted by Gasteiger charge is 2.40. The molecule has 41 heteroatoms. The van der Waals surface area contributed by atoms with Crippen LogP contribution in [0.4, 0.5) is 0 Å². The van der Waals surface area contributed by atoms with Gasteiger partial charge in [0.05, 0.1) is 18.5 Å². The second-order valence-corrected chi connectivity index (χ2v) is 30.8. The largest absolute Gasteiger partial charge is 0.481 e. The average Bonchev–Trinajstić information content (AvgIpc) is 0.839. The van der Waals surface area contributed by atoms with Gasteiger partial charge in [-0.15, -0.1) is 0 Å². The fraction of sp³-hybridized carbons (Fsp3) is 0.625. The van der Waals surface area contributed by atoms with Crippen molar-refractivity contribution in [3.63, 3.8) is 0 Å². The van der Waals surface area contributed by atoms with Crippen LogP contribution in [0.5, 0.6) is 0 Å².